The average Bonchev–Trinajstić information content (AvgIpc) is 3.04. The number of carbonyl (C=O) groups is 4. The fraction of sp³-hybridized carbons (Fsp3) is 0.524. The van der Waals surface area contributed by atoms with Gasteiger partial charge < -0.3 is 15.5 Å². The lowest BCUT2D eigenvalue weighted by atomic mass is 10.1. The van der Waals surface area contributed by atoms with Crippen molar-refractivity contribution in [1.82, 2.24) is 15.5 Å². The number of Topliss-reactive ketones (excluding diaryl/α,β-unsaturated/α-hetero) is 1. The molecule has 2 N–H and O–H groups in total. The Morgan fingerprint density at radius 3 is 2.36 bits per heavy atom. The molecule has 1 atom stereocenters. The molecule has 0 spiro atoms. The van der Waals surface area contributed by atoms with Gasteiger partial charge in [-0.2, -0.15) is 0 Å². The van der Waals surface area contributed by atoms with Gasteiger partial charge in [0.15, 0.2) is 0 Å². The summed E-state index contributed by atoms with van der Waals surface area (Å²) in [7, 11) is 0. The highest BCUT2D eigenvalue weighted by Crippen LogP contribution is 2.22. The summed E-state index contributed by atoms with van der Waals surface area (Å²) in [5, 5.41) is 5.44. The Kier molecular flexibility index (Phi) is 8.17. The summed E-state index contributed by atoms with van der Waals surface area (Å²) in [6.07, 6.45) is 2.04. The number of likely N-dealkylation sites (tertiary alicyclic amines) is 1. The monoisotopic (exact) mass is 387 g/mol. The Morgan fingerprint density at radius 1 is 1.07 bits per heavy atom. The average molecular weight is 387 g/mol. The van der Waals surface area contributed by atoms with Gasteiger partial charge in [-0.15, -0.1) is 0 Å². The van der Waals surface area contributed by atoms with Crippen LogP contribution in [0.15, 0.2) is 30.3 Å². The second kappa shape index (κ2) is 10.6. The Balaban J connectivity index is 1.76. The van der Waals surface area contributed by atoms with E-state index in [4.69, 9.17) is 0 Å². The smallest absolute Gasteiger partial charge is 0.289 e. The number of rotatable bonds is 10. The van der Waals surface area contributed by atoms with Crippen LogP contribution in [0, 0.1) is 5.92 Å². The van der Waals surface area contributed by atoms with Gasteiger partial charge in [-0.1, -0.05) is 44.2 Å². The quantitative estimate of drug-likeness (QED) is 0.469. The van der Waals surface area contributed by atoms with Crippen LogP contribution in [-0.2, 0) is 25.7 Å². The molecule has 0 aromatic heterocycles. The van der Waals surface area contributed by atoms with E-state index in [-0.39, 0.29) is 24.2 Å². The minimum Gasteiger partial charge on any atom is -0.356 e. The van der Waals surface area contributed by atoms with Crippen molar-refractivity contribution in [3.8, 4) is 0 Å². The zero-order chi connectivity index (χ0) is 20.5. The number of benzene rings is 1. The molecule has 0 unspecified atom stereocenters. The molecular formula is C21H29N3O4. The standard InChI is InChI=1S/C21H29N3O4/c1-15(2)20(27)22-12-6-7-13-23-21(28)19(26)17-10-11-18(25)24(17)14-16-8-4-3-5-9-16/h3-5,8-9,15,17H,6-7,10-14H2,1-2H3,(H,22,27)(H,23,28)/t17-/m1/s1. The third kappa shape index (κ3) is 6.18. The number of hydrogen-bond donors (Lipinski definition) is 2. The Morgan fingerprint density at radius 2 is 1.71 bits per heavy atom. The maximum Gasteiger partial charge on any atom is 0.289 e. The molecule has 0 aliphatic carbocycles. The first-order valence-corrected chi connectivity index (χ1v) is 9.83. The minimum atomic E-state index is -0.696. The van der Waals surface area contributed by atoms with Crippen molar-refractivity contribution in [3.63, 3.8) is 0 Å². The van der Waals surface area contributed by atoms with E-state index < -0.39 is 17.7 Å². The zero-order valence-electron chi connectivity index (χ0n) is 16.6. The summed E-state index contributed by atoms with van der Waals surface area (Å²) in [5.41, 5.74) is 0.930. The summed E-state index contributed by atoms with van der Waals surface area (Å²) in [6, 6.07) is 8.74. The lowest BCUT2D eigenvalue weighted by molar-refractivity contribution is -0.143. The number of nitrogens with zero attached hydrogens (tertiary/aromatic N) is 1. The van der Waals surface area contributed by atoms with E-state index in [1.54, 1.807) is 0 Å². The topological polar surface area (TPSA) is 95.6 Å². The van der Waals surface area contributed by atoms with E-state index in [0.717, 1.165) is 12.0 Å². The summed E-state index contributed by atoms with van der Waals surface area (Å²) in [5.74, 6) is -1.36. The van der Waals surface area contributed by atoms with Crippen LogP contribution in [0.2, 0.25) is 0 Å². The Labute approximate surface area is 165 Å². The van der Waals surface area contributed by atoms with Crippen LogP contribution in [0.5, 0.6) is 0 Å². The normalized spacial score (nSPS) is 16.3. The number of amides is 3. The lowest BCUT2D eigenvalue weighted by Crippen LogP contribution is -2.45. The summed E-state index contributed by atoms with van der Waals surface area (Å²) >= 11 is 0. The highest BCUT2D eigenvalue weighted by molar-refractivity contribution is 6.38. The number of hydrogen-bond acceptors (Lipinski definition) is 4. The van der Waals surface area contributed by atoms with Crippen molar-refractivity contribution in [2.24, 2.45) is 5.92 Å². The van der Waals surface area contributed by atoms with Crippen LogP contribution in [0.25, 0.3) is 0 Å². The predicted molar refractivity (Wildman–Crippen MR) is 105 cm³/mol. The third-order valence-electron chi connectivity index (χ3n) is 4.76. The molecule has 0 radical (unpaired) electrons. The zero-order valence-corrected chi connectivity index (χ0v) is 16.6. The molecule has 2 rings (SSSR count). The molecule has 1 saturated heterocycles. The molecule has 28 heavy (non-hydrogen) atoms. The summed E-state index contributed by atoms with van der Waals surface area (Å²) in [4.78, 5) is 49.8. The van der Waals surface area contributed by atoms with Crippen LogP contribution in [0.4, 0.5) is 0 Å². The lowest BCUT2D eigenvalue weighted by Gasteiger charge is -2.23. The van der Waals surface area contributed by atoms with E-state index in [1.807, 2.05) is 44.2 Å². The van der Waals surface area contributed by atoms with Gasteiger partial charge in [0, 0.05) is 32.0 Å². The highest BCUT2D eigenvalue weighted by atomic mass is 16.2. The number of unbranched alkanes of at least 4 members (excludes halogenated alkanes) is 1. The van der Waals surface area contributed by atoms with Gasteiger partial charge in [-0.25, -0.2) is 0 Å². The van der Waals surface area contributed by atoms with E-state index in [1.165, 1.54) is 4.90 Å². The maximum absolute atomic E-state index is 12.5. The van der Waals surface area contributed by atoms with Crippen LogP contribution < -0.4 is 10.6 Å². The molecule has 152 valence electrons. The van der Waals surface area contributed by atoms with E-state index in [9.17, 15) is 19.2 Å². The Bertz CT molecular complexity index is 703. The number of carbonyl (C=O) groups excluding carboxylic acids is 4. The van der Waals surface area contributed by atoms with Gasteiger partial charge in [0.2, 0.25) is 17.6 Å². The maximum atomic E-state index is 12.5. The first-order valence-electron chi connectivity index (χ1n) is 9.83. The largest absolute Gasteiger partial charge is 0.356 e. The molecule has 3 amide bonds. The molecule has 0 saturated carbocycles. The van der Waals surface area contributed by atoms with Gasteiger partial charge >= 0.3 is 0 Å². The van der Waals surface area contributed by atoms with Crippen molar-refractivity contribution < 1.29 is 19.2 Å². The van der Waals surface area contributed by atoms with Crippen LogP contribution in [-0.4, -0.2) is 47.5 Å². The fourth-order valence-electron chi connectivity index (χ4n) is 3.09. The SMILES string of the molecule is CC(C)C(=O)NCCCCNC(=O)C(=O)[C@H]1CCC(=O)N1Cc1ccccc1. The van der Waals surface area contributed by atoms with Crippen molar-refractivity contribution >= 4 is 23.5 Å². The van der Waals surface area contributed by atoms with E-state index in [2.05, 4.69) is 10.6 Å². The predicted octanol–water partition coefficient (Wildman–Crippen LogP) is 1.42. The molecule has 1 aliphatic heterocycles. The first-order chi connectivity index (χ1) is 13.4. The highest BCUT2D eigenvalue weighted by Gasteiger charge is 2.38. The van der Waals surface area contributed by atoms with Gasteiger partial charge in [-0.05, 0) is 24.8 Å². The second-order valence-corrected chi connectivity index (χ2v) is 7.33. The van der Waals surface area contributed by atoms with Crippen molar-refractivity contribution in [3.05, 3.63) is 35.9 Å². The van der Waals surface area contributed by atoms with Crippen molar-refractivity contribution in [1.29, 1.82) is 0 Å². The number of ketones is 1. The van der Waals surface area contributed by atoms with Crippen molar-refractivity contribution in [2.75, 3.05) is 13.1 Å². The van der Waals surface area contributed by atoms with Gasteiger partial charge in [0.25, 0.3) is 5.91 Å². The van der Waals surface area contributed by atoms with Crippen LogP contribution in [0.3, 0.4) is 0 Å². The summed E-state index contributed by atoms with van der Waals surface area (Å²) in [6.45, 7) is 4.90. The van der Waals surface area contributed by atoms with Crippen LogP contribution in [0.1, 0.15) is 45.1 Å². The molecule has 0 bridgehead atoms. The minimum absolute atomic E-state index is 0.00335. The van der Waals surface area contributed by atoms with Gasteiger partial charge in [-0.3, -0.25) is 19.2 Å². The third-order valence-corrected chi connectivity index (χ3v) is 4.76. The first kappa shape index (κ1) is 21.6. The van der Waals surface area contributed by atoms with E-state index >= 15 is 0 Å². The molecule has 1 aromatic carbocycles. The molecule has 1 fully saturated rings. The molecule has 7 nitrogen and oxygen atoms in total. The molecular weight excluding hydrogens is 358 g/mol. The summed E-state index contributed by atoms with van der Waals surface area (Å²) < 4.78 is 0. The molecule has 7 heteroatoms. The molecule has 1 heterocycles. The Hall–Kier alpha value is -2.70. The molecule has 1 aromatic rings. The fourth-order valence-corrected chi connectivity index (χ4v) is 3.09. The second-order valence-electron chi connectivity index (χ2n) is 7.33. The van der Waals surface area contributed by atoms with Gasteiger partial charge in [0.05, 0.1) is 0 Å². The molecule has 1 aliphatic rings. The van der Waals surface area contributed by atoms with Crippen LogP contribution >= 0.6 is 0 Å². The number of nitrogens with one attached hydrogen (secondary N) is 2. The van der Waals surface area contributed by atoms with E-state index in [0.29, 0.717) is 32.5 Å². The van der Waals surface area contributed by atoms with Gasteiger partial charge in [0.1, 0.15) is 6.04 Å². The van der Waals surface area contributed by atoms with Crippen molar-refractivity contribution in [2.45, 2.75) is 52.1 Å².